The van der Waals surface area contributed by atoms with E-state index >= 15 is 0 Å². The Hall–Kier alpha value is -1.67. The molecule has 16 heavy (non-hydrogen) atoms. The third kappa shape index (κ3) is 4.24. The monoisotopic (exact) mass is 237 g/mol. The van der Waals surface area contributed by atoms with Crippen LogP contribution in [0.2, 0.25) is 0 Å². The third-order valence-corrected chi connectivity index (χ3v) is 2.32. The third-order valence-electron chi connectivity index (χ3n) is 1.81. The van der Waals surface area contributed by atoms with Crippen LogP contribution in [0.15, 0.2) is 24.3 Å². The summed E-state index contributed by atoms with van der Waals surface area (Å²) in [4.78, 5) is 11.1. The molecule has 0 unspecified atom stereocenters. The number of hydrogen-bond donors (Lipinski definition) is 0. The van der Waals surface area contributed by atoms with E-state index in [2.05, 4.69) is 0 Å². The lowest BCUT2D eigenvalue weighted by Gasteiger charge is -2.04. The normalized spacial score (nSPS) is 9.25. The van der Waals surface area contributed by atoms with E-state index in [0.29, 0.717) is 0 Å². The maximum absolute atomic E-state index is 11.1. The smallest absolute Gasteiger partial charge is 0.317 e. The number of carbonyl (C=O) groups excluding carboxylic acids is 1. The lowest BCUT2D eigenvalue weighted by Crippen LogP contribution is -2.06. The zero-order chi connectivity index (χ0) is 11.8. The average molecular weight is 237 g/mol. The fraction of sp³-hybridized carbons (Fsp3) is 0.273. The van der Waals surface area contributed by atoms with Crippen molar-refractivity contribution in [3.63, 3.8) is 0 Å². The predicted octanol–water partition coefficient (Wildman–Crippen LogP) is 1.95. The number of nitrogens with zero attached hydrogens (tertiary/aromatic N) is 1. The highest BCUT2D eigenvalue weighted by Gasteiger charge is 2.03. The molecule has 4 nitrogen and oxygen atoms in total. The van der Waals surface area contributed by atoms with Crippen LogP contribution in [0.25, 0.3) is 0 Å². The molecule has 0 spiro atoms. The summed E-state index contributed by atoms with van der Waals surface area (Å²) >= 11 is 0.868. The zero-order valence-electron chi connectivity index (χ0n) is 8.80. The van der Waals surface area contributed by atoms with Gasteiger partial charge in [-0.3, -0.25) is 4.79 Å². The van der Waals surface area contributed by atoms with Crippen molar-refractivity contribution in [3.8, 4) is 11.2 Å². The quantitative estimate of drug-likeness (QED) is 0.578. The summed E-state index contributed by atoms with van der Waals surface area (Å²) in [5.74, 6) is 0.435. The fourth-order valence-corrected chi connectivity index (χ4v) is 1.28. The van der Waals surface area contributed by atoms with Gasteiger partial charge in [0.25, 0.3) is 0 Å². The largest absolute Gasteiger partial charge is 0.497 e. The molecule has 0 N–H and O–H groups in total. The molecule has 0 bridgehead atoms. The van der Waals surface area contributed by atoms with Crippen LogP contribution >= 0.6 is 11.8 Å². The van der Waals surface area contributed by atoms with E-state index in [1.54, 1.807) is 19.2 Å². The van der Waals surface area contributed by atoms with Gasteiger partial charge in [-0.15, -0.1) is 0 Å². The molecule has 0 aliphatic heterocycles. The Balaban J connectivity index is 2.37. The molecule has 5 heteroatoms. The van der Waals surface area contributed by atoms with Crippen LogP contribution in [0.1, 0.15) is 5.56 Å². The van der Waals surface area contributed by atoms with Crippen molar-refractivity contribution in [2.24, 2.45) is 0 Å². The number of methoxy groups -OCH3 is 1. The van der Waals surface area contributed by atoms with Gasteiger partial charge >= 0.3 is 5.97 Å². The molecule has 0 saturated carbocycles. The summed E-state index contributed by atoms with van der Waals surface area (Å²) in [5.41, 5.74) is 0.885. The Kier molecular flexibility index (Phi) is 5.23. The maximum atomic E-state index is 11.1. The molecule has 0 aliphatic carbocycles. The number of carbonyl (C=O) groups is 1. The van der Waals surface area contributed by atoms with Crippen LogP contribution in [0.3, 0.4) is 0 Å². The van der Waals surface area contributed by atoms with E-state index in [-0.39, 0.29) is 18.3 Å². The van der Waals surface area contributed by atoms with E-state index < -0.39 is 0 Å². The number of thiocyanates is 1. The van der Waals surface area contributed by atoms with Crippen molar-refractivity contribution in [2.45, 2.75) is 6.61 Å². The first-order chi connectivity index (χ1) is 7.76. The second-order valence-corrected chi connectivity index (χ2v) is 3.65. The fourth-order valence-electron chi connectivity index (χ4n) is 1.02. The van der Waals surface area contributed by atoms with Crippen LogP contribution in [0.5, 0.6) is 5.75 Å². The zero-order valence-corrected chi connectivity index (χ0v) is 9.62. The summed E-state index contributed by atoms with van der Waals surface area (Å²) in [5, 5.41) is 10.1. The van der Waals surface area contributed by atoms with Crippen molar-refractivity contribution >= 4 is 17.7 Å². The van der Waals surface area contributed by atoms with E-state index in [1.807, 2.05) is 17.5 Å². The second kappa shape index (κ2) is 6.75. The highest BCUT2D eigenvalue weighted by Crippen LogP contribution is 2.12. The first-order valence-electron chi connectivity index (χ1n) is 4.55. The van der Waals surface area contributed by atoms with Crippen LogP contribution in [-0.4, -0.2) is 18.8 Å². The van der Waals surface area contributed by atoms with E-state index in [4.69, 9.17) is 14.7 Å². The summed E-state index contributed by atoms with van der Waals surface area (Å²) in [6.07, 6.45) is 0. The molecule has 0 amide bonds. The average Bonchev–Trinajstić information content (AvgIpc) is 2.34. The number of rotatable bonds is 5. The van der Waals surface area contributed by atoms with Crippen molar-refractivity contribution in [2.75, 3.05) is 12.9 Å². The molecular formula is C11H11NO3S. The molecule has 0 aromatic heterocycles. The number of esters is 1. The minimum absolute atomic E-state index is 0.0622. The molecule has 0 radical (unpaired) electrons. The van der Waals surface area contributed by atoms with Gasteiger partial charge in [0.15, 0.2) is 0 Å². The molecule has 0 atom stereocenters. The molecule has 0 heterocycles. The van der Waals surface area contributed by atoms with Gasteiger partial charge in [-0.25, -0.2) is 0 Å². The maximum Gasteiger partial charge on any atom is 0.317 e. The standard InChI is InChI=1S/C11H11NO3S/c1-14-10-4-2-9(3-5-10)6-15-11(13)7-16-8-12/h2-5H,6-7H2,1H3. The van der Waals surface area contributed by atoms with Gasteiger partial charge in [0.1, 0.15) is 23.5 Å². The Morgan fingerprint density at radius 2 is 2.12 bits per heavy atom. The highest BCUT2D eigenvalue weighted by molar-refractivity contribution is 8.04. The minimum Gasteiger partial charge on any atom is -0.497 e. The number of benzene rings is 1. The van der Waals surface area contributed by atoms with Crippen molar-refractivity contribution < 1.29 is 14.3 Å². The summed E-state index contributed by atoms with van der Waals surface area (Å²) in [6, 6.07) is 7.24. The van der Waals surface area contributed by atoms with Gasteiger partial charge < -0.3 is 9.47 Å². The summed E-state index contributed by atoms with van der Waals surface area (Å²) in [7, 11) is 1.59. The van der Waals surface area contributed by atoms with E-state index in [0.717, 1.165) is 23.1 Å². The summed E-state index contributed by atoms with van der Waals surface area (Å²) < 4.78 is 9.95. The van der Waals surface area contributed by atoms with Crippen molar-refractivity contribution in [1.29, 1.82) is 5.26 Å². The Bertz CT molecular complexity index is 383. The van der Waals surface area contributed by atoms with Crippen LogP contribution in [-0.2, 0) is 16.1 Å². The SMILES string of the molecule is COc1ccc(COC(=O)CSC#N)cc1. The molecule has 1 rings (SSSR count). The first kappa shape index (κ1) is 12.4. The molecule has 84 valence electrons. The van der Waals surface area contributed by atoms with Gasteiger partial charge in [-0.2, -0.15) is 5.26 Å². The molecule has 0 aliphatic rings. The van der Waals surface area contributed by atoms with Crippen LogP contribution < -0.4 is 4.74 Å². The van der Waals surface area contributed by atoms with Crippen LogP contribution in [0.4, 0.5) is 0 Å². The van der Waals surface area contributed by atoms with Crippen molar-refractivity contribution in [1.82, 2.24) is 0 Å². The van der Waals surface area contributed by atoms with Gasteiger partial charge in [0.2, 0.25) is 0 Å². The van der Waals surface area contributed by atoms with E-state index in [9.17, 15) is 4.79 Å². The molecular weight excluding hydrogens is 226 g/mol. The Morgan fingerprint density at radius 3 is 2.69 bits per heavy atom. The Labute approximate surface area is 98.2 Å². The van der Waals surface area contributed by atoms with Gasteiger partial charge in [0.05, 0.1) is 7.11 Å². The molecule has 0 fully saturated rings. The number of hydrogen-bond acceptors (Lipinski definition) is 5. The molecule has 0 saturated heterocycles. The lowest BCUT2D eigenvalue weighted by molar-refractivity contribution is -0.141. The number of nitriles is 1. The topological polar surface area (TPSA) is 59.3 Å². The Morgan fingerprint density at radius 1 is 1.44 bits per heavy atom. The van der Waals surface area contributed by atoms with Gasteiger partial charge in [-0.05, 0) is 29.5 Å². The van der Waals surface area contributed by atoms with Gasteiger partial charge in [0, 0.05) is 0 Å². The predicted molar refractivity (Wildman–Crippen MR) is 60.9 cm³/mol. The second-order valence-electron chi connectivity index (χ2n) is 2.89. The molecule has 1 aromatic carbocycles. The highest BCUT2D eigenvalue weighted by atomic mass is 32.2. The number of ether oxygens (including phenoxy) is 2. The lowest BCUT2D eigenvalue weighted by atomic mass is 10.2. The minimum atomic E-state index is -0.387. The van der Waals surface area contributed by atoms with Crippen molar-refractivity contribution in [3.05, 3.63) is 29.8 Å². The molecule has 1 aromatic rings. The number of thioether (sulfide) groups is 1. The first-order valence-corrected chi connectivity index (χ1v) is 5.54. The van der Waals surface area contributed by atoms with Crippen LogP contribution in [0, 0.1) is 10.7 Å². The summed E-state index contributed by atoms with van der Waals surface area (Å²) in [6.45, 7) is 0.217. The van der Waals surface area contributed by atoms with Gasteiger partial charge in [-0.1, -0.05) is 12.1 Å². The van der Waals surface area contributed by atoms with E-state index in [1.165, 1.54) is 0 Å².